The molecule has 3 rings (SSSR count). The van der Waals surface area contributed by atoms with Crippen molar-refractivity contribution < 1.29 is 14.0 Å². The van der Waals surface area contributed by atoms with Gasteiger partial charge in [0.05, 0.1) is 12.3 Å². The molecule has 0 bridgehead atoms. The largest absolute Gasteiger partial charge is 0.494 e. The molecule has 27 heavy (non-hydrogen) atoms. The molecule has 0 radical (unpaired) electrons. The minimum atomic E-state index is 0.0671. The van der Waals surface area contributed by atoms with Crippen molar-refractivity contribution in [3.05, 3.63) is 47.3 Å². The first-order chi connectivity index (χ1) is 13.2. The fourth-order valence-corrected chi connectivity index (χ4v) is 3.16. The third-order valence-corrected chi connectivity index (χ3v) is 4.86. The van der Waals surface area contributed by atoms with Gasteiger partial charge in [-0.2, -0.15) is 0 Å². The second-order valence-corrected chi connectivity index (χ2v) is 7.19. The van der Waals surface area contributed by atoms with E-state index in [-0.39, 0.29) is 6.04 Å². The zero-order valence-electron chi connectivity index (χ0n) is 15.8. The Kier molecular flexibility index (Phi) is 7.57. The summed E-state index contributed by atoms with van der Waals surface area (Å²) in [5, 5.41) is 3.91. The minimum absolute atomic E-state index is 0.0671. The highest BCUT2D eigenvalue weighted by Gasteiger charge is 2.18. The number of unbranched alkanes of at least 4 members (excludes halogenated alkanes) is 4. The van der Waals surface area contributed by atoms with Crippen molar-refractivity contribution in [1.29, 1.82) is 0 Å². The van der Waals surface area contributed by atoms with Crippen LogP contribution in [0.4, 0.5) is 0 Å². The van der Waals surface area contributed by atoms with Crippen LogP contribution in [0.1, 0.15) is 49.1 Å². The molecule has 0 saturated heterocycles. The maximum absolute atomic E-state index is 5.82. The Labute approximate surface area is 165 Å². The summed E-state index contributed by atoms with van der Waals surface area (Å²) in [7, 11) is 0. The molecule has 146 valence electrons. The number of rotatable bonds is 11. The van der Waals surface area contributed by atoms with Crippen molar-refractivity contribution in [1.82, 2.24) is 5.16 Å². The summed E-state index contributed by atoms with van der Waals surface area (Å²) >= 11 is 5.81. The summed E-state index contributed by atoms with van der Waals surface area (Å²) in [6.07, 6.45) is 6.79. The molecule has 5 nitrogen and oxygen atoms in total. The van der Waals surface area contributed by atoms with E-state index in [2.05, 4.69) is 10.1 Å². The Hall–Kier alpha value is -2.01. The highest BCUT2D eigenvalue weighted by Crippen LogP contribution is 2.18. The first-order valence-corrected chi connectivity index (χ1v) is 10.2. The summed E-state index contributed by atoms with van der Waals surface area (Å²) in [6.45, 7) is 3.26. The lowest BCUT2D eigenvalue weighted by molar-refractivity contribution is 0.304. The Bertz CT molecular complexity index is 727. The summed E-state index contributed by atoms with van der Waals surface area (Å²) in [6, 6.07) is 9.98. The molecule has 2 heterocycles. The number of ether oxygens (including phenoxy) is 2. The molecular weight excluding hydrogens is 364 g/mol. The van der Waals surface area contributed by atoms with E-state index in [0.29, 0.717) is 18.4 Å². The second kappa shape index (κ2) is 10.4. The van der Waals surface area contributed by atoms with Crippen molar-refractivity contribution in [3.8, 4) is 5.75 Å². The van der Waals surface area contributed by atoms with E-state index in [1.54, 1.807) is 0 Å². The number of alkyl halides is 1. The van der Waals surface area contributed by atoms with E-state index < -0.39 is 0 Å². The molecule has 1 aliphatic heterocycles. The van der Waals surface area contributed by atoms with Crippen LogP contribution in [0.2, 0.25) is 0 Å². The zero-order valence-corrected chi connectivity index (χ0v) is 16.6. The van der Waals surface area contributed by atoms with Crippen molar-refractivity contribution in [3.63, 3.8) is 0 Å². The smallest absolute Gasteiger partial charge is 0.216 e. The molecule has 0 aliphatic carbocycles. The third kappa shape index (κ3) is 6.28. The highest BCUT2D eigenvalue weighted by molar-refractivity contribution is 6.18. The monoisotopic (exact) mass is 390 g/mol. The fourth-order valence-electron chi connectivity index (χ4n) is 3.00. The summed E-state index contributed by atoms with van der Waals surface area (Å²) in [5.74, 6) is 3.04. The molecule has 6 heteroatoms. The average molecular weight is 391 g/mol. The Morgan fingerprint density at radius 1 is 1.11 bits per heavy atom. The number of aliphatic imine (C=N–C) groups is 1. The van der Waals surface area contributed by atoms with Crippen molar-refractivity contribution in [2.24, 2.45) is 4.99 Å². The van der Waals surface area contributed by atoms with E-state index in [1.165, 1.54) is 19.3 Å². The van der Waals surface area contributed by atoms with Gasteiger partial charge in [0.1, 0.15) is 24.2 Å². The van der Waals surface area contributed by atoms with E-state index in [0.717, 1.165) is 48.6 Å². The Morgan fingerprint density at radius 3 is 2.59 bits per heavy atom. The minimum Gasteiger partial charge on any atom is -0.494 e. The summed E-state index contributed by atoms with van der Waals surface area (Å²) in [5.41, 5.74) is 1.93. The highest BCUT2D eigenvalue weighted by atomic mass is 35.5. The van der Waals surface area contributed by atoms with Gasteiger partial charge in [0, 0.05) is 23.9 Å². The van der Waals surface area contributed by atoms with Gasteiger partial charge >= 0.3 is 0 Å². The van der Waals surface area contributed by atoms with Gasteiger partial charge < -0.3 is 14.0 Å². The molecule has 2 aromatic rings. The van der Waals surface area contributed by atoms with Crippen LogP contribution in [0.3, 0.4) is 0 Å². The predicted molar refractivity (Wildman–Crippen MR) is 107 cm³/mol. The molecule has 0 N–H and O–H groups in total. The number of nitrogens with zero attached hydrogens (tertiary/aromatic N) is 2. The van der Waals surface area contributed by atoms with Crippen LogP contribution in [-0.4, -0.2) is 36.2 Å². The lowest BCUT2D eigenvalue weighted by atomic mass is 10.1. The zero-order chi connectivity index (χ0) is 18.9. The van der Waals surface area contributed by atoms with Gasteiger partial charge in [0.15, 0.2) is 0 Å². The van der Waals surface area contributed by atoms with Gasteiger partial charge in [-0.15, -0.1) is 11.6 Å². The SMILES string of the molecule is Cc1cc(CCCCCCCOc2ccc(C3=NC(CCl)CO3)cc2)on1. The predicted octanol–water partition coefficient (Wildman–Crippen LogP) is 4.94. The van der Waals surface area contributed by atoms with Gasteiger partial charge in [-0.1, -0.05) is 24.4 Å². The van der Waals surface area contributed by atoms with Crippen LogP contribution in [-0.2, 0) is 11.2 Å². The summed E-state index contributed by atoms with van der Waals surface area (Å²) in [4.78, 5) is 4.45. The summed E-state index contributed by atoms with van der Waals surface area (Å²) < 4.78 is 16.6. The number of hydrogen-bond acceptors (Lipinski definition) is 5. The third-order valence-electron chi connectivity index (χ3n) is 4.50. The number of benzene rings is 1. The molecule has 1 aliphatic rings. The van der Waals surface area contributed by atoms with Crippen molar-refractivity contribution in [2.75, 3.05) is 19.1 Å². The number of aromatic nitrogens is 1. The first-order valence-electron chi connectivity index (χ1n) is 9.66. The normalized spacial score (nSPS) is 16.2. The molecule has 1 aromatic carbocycles. The molecule has 1 unspecified atom stereocenters. The van der Waals surface area contributed by atoms with Crippen LogP contribution < -0.4 is 4.74 Å². The maximum atomic E-state index is 5.82. The quantitative estimate of drug-likeness (QED) is 0.403. The fraction of sp³-hybridized carbons (Fsp3) is 0.524. The number of hydrogen-bond donors (Lipinski definition) is 0. The van der Waals surface area contributed by atoms with Crippen LogP contribution in [0.15, 0.2) is 39.8 Å². The lowest BCUT2D eigenvalue weighted by Crippen LogP contribution is -2.07. The van der Waals surface area contributed by atoms with Crippen molar-refractivity contribution in [2.45, 2.75) is 51.5 Å². The van der Waals surface area contributed by atoms with Gasteiger partial charge in [-0.05, 0) is 44.0 Å². The first kappa shape index (κ1) is 19.7. The van der Waals surface area contributed by atoms with E-state index in [4.69, 9.17) is 25.6 Å². The standard InChI is InChI=1S/C21H27ClN2O3/c1-16-13-20(27-24-16)7-5-3-2-4-6-12-25-19-10-8-17(9-11-19)21-23-18(14-22)15-26-21/h8-11,13,18H,2-7,12,14-15H2,1H3. The van der Waals surface area contributed by atoms with Crippen LogP contribution in [0.5, 0.6) is 5.75 Å². The van der Waals surface area contributed by atoms with E-state index >= 15 is 0 Å². The Morgan fingerprint density at radius 2 is 1.89 bits per heavy atom. The van der Waals surface area contributed by atoms with Crippen LogP contribution in [0.25, 0.3) is 0 Å². The lowest BCUT2D eigenvalue weighted by Gasteiger charge is -2.07. The topological polar surface area (TPSA) is 56.9 Å². The Balaban J connectivity index is 1.26. The maximum Gasteiger partial charge on any atom is 0.216 e. The second-order valence-electron chi connectivity index (χ2n) is 6.88. The average Bonchev–Trinajstić information content (AvgIpc) is 3.33. The van der Waals surface area contributed by atoms with E-state index in [1.807, 2.05) is 37.3 Å². The van der Waals surface area contributed by atoms with E-state index in [9.17, 15) is 0 Å². The number of halogens is 1. The molecule has 0 spiro atoms. The molecule has 1 atom stereocenters. The van der Waals surface area contributed by atoms with Gasteiger partial charge in [-0.25, -0.2) is 4.99 Å². The molecule has 0 amide bonds. The molecular formula is C21H27ClN2O3. The number of aryl methyl sites for hydroxylation is 2. The molecule has 0 saturated carbocycles. The molecule has 1 aromatic heterocycles. The van der Waals surface area contributed by atoms with Crippen LogP contribution >= 0.6 is 11.6 Å². The van der Waals surface area contributed by atoms with Gasteiger partial charge in [-0.3, -0.25) is 0 Å². The van der Waals surface area contributed by atoms with Crippen molar-refractivity contribution >= 4 is 17.5 Å². The van der Waals surface area contributed by atoms with Crippen LogP contribution in [0, 0.1) is 6.92 Å². The molecule has 0 fully saturated rings. The van der Waals surface area contributed by atoms with Gasteiger partial charge in [0.2, 0.25) is 5.90 Å². The van der Waals surface area contributed by atoms with Gasteiger partial charge in [0.25, 0.3) is 0 Å².